The van der Waals surface area contributed by atoms with Gasteiger partial charge in [-0.3, -0.25) is 9.36 Å². The van der Waals surface area contributed by atoms with E-state index in [0.29, 0.717) is 27.2 Å². The summed E-state index contributed by atoms with van der Waals surface area (Å²) in [5.74, 6) is 0.810. The van der Waals surface area contributed by atoms with Crippen LogP contribution in [0.5, 0.6) is 5.75 Å². The number of phenolic OH excluding ortho intramolecular Hbond substituents is 1. The summed E-state index contributed by atoms with van der Waals surface area (Å²) in [4.78, 5) is 18.9. The lowest BCUT2D eigenvalue weighted by Crippen LogP contribution is -2.26. The quantitative estimate of drug-likeness (QED) is 0.480. The van der Waals surface area contributed by atoms with Crippen molar-refractivity contribution in [3.05, 3.63) is 69.8 Å². The molecule has 0 bridgehead atoms. The molecule has 0 spiro atoms. The van der Waals surface area contributed by atoms with Gasteiger partial charge in [-0.2, -0.15) is 0 Å². The highest BCUT2D eigenvalue weighted by atomic mass is 32.1. The number of benzene rings is 2. The average Bonchev–Trinajstić information content (AvgIpc) is 3.12. The van der Waals surface area contributed by atoms with Crippen LogP contribution in [0.1, 0.15) is 36.7 Å². The number of aromatic nitrogens is 2. The van der Waals surface area contributed by atoms with Crippen molar-refractivity contribution in [2.75, 3.05) is 6.61 Å². The summed E-state index contributed by atoms with van der Waals surface area (Å²) in [5.41, 5.74) is 1.97. The normalized spacial score (nSPS) is 11.5. The fraction of sp³-hybridized carbons (Fsp3) is 0.304. The molecule has 4 aromatic rings. The van der Waals surface area contributed by atoms with Gasteiger partial charge in [-0.25, -0.2) is 4.98 Å². The van der Waals surface area contributed by atoms with Crippen LogP contribution in [-0.2, 0) is 19.4 Å². The second-order valence-corrected chi connectivity index (χ2v) is 8.20. The Morgan fingerprint density at radius 3 is 2.62 bits per heavy atom. The molecule has 2 aromatic carbocycles. The minimum Gasteiger partial charge on any atom is -0.506 e. The van der Waals surface area contributed by atoms with E-state index < -0.39 is 0 Å². The van der Waals surface area contributed by atoms with E-state index >= 15 is 0 Å². The standard InChI is InChI=1S/C23H24N2O3S/c1-2-3-9-16-10-11-17(27)21-19(16)20-22(29-21)24-18(25(12-13-26)23(20)28)14-15-7-5-4-6-8-15/h4-8,10-11,26-27H,2-3,9,12-14H2,1H3. The largest absolute Gasteiger partial charge is 0.506 e. The van der Waals surface area contributed by atoms with Crippen LogP contribution in [-0.4, -0.2) is 26.4 Å². The minimum atomic E-state index is -0.149. The van der Waals surface area contributed by atoms with Crippen molar-refractivity contribution in [1.82, 2.24) is 9.55 Å². The summed E-state index contributed by atoms with van der Waals surface area (Å²) in [6.07, 6.45) is 3.43. The number of aliphatic hydroxyl groups excluding tert-OH is 1. The molecular weight excluding hydrogens is 384 g/mol. The van der Waals surface area contributed by atoms with Crippen LogP contribution in [0.3, 0.4) is 0 Å². The minimum absolute atomic E-state index is 0.134. The van der Waals surface area contributed by atoms with Gasteiger partial charge in [-0.05, 0) is 30.0 Å². The van der Waals surface area contributed by atoms with Gasteiger partial charge in [0.2, 0.25) is 0 Å². The SMILES string of the molecule is CCCCc1ccc(O)c2sc3nc(Cc4ccccc4)n(CCO)c(=O)c3c12. The van der Waals surface area contributed by atoms with Crippen LogP contribution < -0.4 is 5.56 Å². The molecule has 2 heterocycles. The van der Waals surface area contributed by atoms with Crippen LogP contribution in [0.2, 0.25) is 0 Å². The maximum Gasteiger partial charge on any atom is 0.263 e. The molecular formula is C23H24N2O3S. The van der Waals surface area contributed by atoms with Gasteiger partial charge in [-0.1, -0.05) is 49.7 Å². The highest BCUT2D eigenvalue weighted by Gasteiger charge is 2.20. The van der Waals surface area contributed by atoms with Crippen molar-refractivity contribution in [2.24, 2.45) is 0 Å². The third-order valence-corrected chi connectivity index (χ3v) is 6.32. The van der Waals surface area contributed by atoms with Crippen molar-refractivity contribution < 1.29 is 10.2 Å². The van der Waals surface area contributed by atoms with Crippen molar-refractivity contribution in [3.8, 4) is 5.75 Å². The Morgan fingerprint density at radius 2 is 1.90 bits per heavy atom. The second kappa shape index (κ2) is 8.35. The van der Waals surface area contributed by atoms with Crippen LogP contribution >= 0.6 is 11.3 Å². The van der Waals surface area contributed by atoms with Crippen molar-refractivity contribution >= 4 is 31.6 Å². The molecule has 0 saturated heterocycles. The summed E-state index contributed by atoms with van der Waals surface area (Å²) in [7, 11) is 0. The number of hydrogen-bond donors (Lipinski definition) is 2. The van der Waals surface area contributed by atoms with E-state index in [1.54, 1.807) is 10.6 Å². The monoisotopic (exact) mass is 408 g/mol. The Hall–Kier alpha value is -2.70. The van der Waals surface area contributed by atoms with Gasteiger partial charge in [0.1, 0.15) is 16.4 Å². The third kappa shape index (κ3) is 3.66. The Morgan fingerprint density at radius 1 is 1.10 bits per heavy atom. The summed E-state index contributed by atoms with van der Waals surface area (Å²) in [5, 5.41) is 21.4. The van der Waals surface area contributed by atoms with Crippen molar-refractivity contribution in [2.45, 2.75) is 39.2 Å². The fourth-order valence-corrected chi connectivity index (χ4v) is 4.91. The second-order valence-electron chi connectivity index (χ2n) is 7.20. The molecule has 2 aromatic heterocycles. The number of unbranched alkanes of at least 4 members (excludes halogenated alkanes) is 1. The van der Waals surface area contributed by atoms with E-state index in [-0.39, 0.29) is 24.5 Å². The van der Waals surface area contributed by atoms with E-state index in [1.165, 1.54) is 11.3 Å². The number of thiophene rings is 1. The van der Waals surface area contributed by atoms with Crippen LogP contribution in [0, 0.1) is 0 Å². The van der Waals surface area contributed by atoms with Gasteiger partial charge in [0.25, 0.3) is 5.56 Å². The molecule has 4 rings (SSSR count). The maximum atomic E-state index is 13.5. The lowest BCUT2D eigenvalue weighted by molar-refractivity contribution is 0.272. The number of rotatable bonds is 7. The predicted octanol–water partition coefficient (Wildman–Crippen LogP) is 4.24. The molecule has 0 aliphatic carbocycles. The third-order valence-electron chi connectivity index (χ3n) is 5.22. The summed E-state index contributed by atoms with van der Waals surface area (Å²) in [6, 6.07) is 13.5. The smallest absolute Gasteiger partial charge is 0.263 e. The average molecular weight is 409 g/mol. The number of nitrogens with zero attached hydrogens (tertiary/aromatic N) is 2. The fourth-order valence-electron chi connectivity index (χ4n) is 3.77. The molecule has 6 heteroatoms. The van der Waals surface area contributed by atoms with E-state index in [0.717, 1.165) is 35.8 Å². The Kier molecular flexibility index (Phi) is 5.65. The van der Waals surface area contributed by atoms with Crippen molar-refractivity contribution in [3.63, 3.8) is 0 Å². The van der Waals surface area contributed by atoms with Crippen LogP contribution in [0.25, 0.3) is 20.3 Å². The Balaban J connectivity index is 1.98. The number of fused-ring (bicyclic) bond motifs is 3. The predicted molar refractivity (Wildman–Crippen MR) is 118 cm³/mol. The number of phenols is 1. The van der Waals surface area contributed by atoms with E-state index in [9.17, 15) is 15.0 Å². The molecule has 0 saturated carbocycles. The zero-order chi connectivity index (χ0) is 20.4. The highest BCUT2D eigenvalue weighted by molar-refractivity contribution is 7.25. The summed E-state index contributed by atoms with van der Waals surface area (Å²) >= 11 is 1.36. The molecule has 0 aliphatic rings. The van der Waals surface area contributed by atoms with Gasteiger partial charge in [-0.15, -0.1) is 11.3 Å². The first kappa shape index (κ1) is 19.6. The summed E-state index contributed by atoms with van der Waals surface area (Å²) < 4.78 is 2.29. The molecule has 0 aliphatic heterocycles. The molecule has 0 unspecified atom stereocenters. The van der Waals surface area contributed by atoms with Gasteiger partial charge >= 0.3 is 0 Å². The van der Waals surface area contributed by atoms with E-state index in [1.807, 2.05) is 36.4 Å². The van der Waals surface area contributed by atoms with Gasteiger partial charge in [0.15, 0.2) is 0 Å². The molecule has 0 atom stereocenters. The highest BCUT2D eigenvalue weighted by Crippen LogP contribution is 2.39. The molecule has 150 valence electrons. The summed E-state index contributed by atoms with van der Waals surface area (Å²) in [6.45, 7) is 2.20. The maximum absolute atomic E-state index is 13.5. The van der Waals surface area contributed by atoms with Crippen LogP contribution in [0.15, 0.2) is 47.3 Å². The lowest BCUT2D eigenvalue weighted by Gasteiger charge is -2.12. The Labute approximate surface area is 172 Å². The first-order valence-corrected chi connectivity index (χ1v) is 10.8. The van der Waals surface area contributed by atoms with E-state index in [2.05, 4.69) is 6.92 Å². The topological polar surface area (TPSA) is 75.3 Å². The van der Waals surface area contributed by atoms with Gasteiger partial charge in [0.05, 0.1) is 23.2 Å². The number of aliphatic hydroxyl groups is 1. The molecule has 29 heavy (non-hydrogen) atoms. The van der Waals surface area contributed by atoms with Crippen molar-refractivity contribution in [1.29, 1.82) is 0 Å². The molecule has 0 fully saturated rings. The number of aromatic hydroxyl groups is 1. The number of hydrogen-bond acceptors (Lipinski definition) is 5. The molecule has 5 nitrogen and oxygen atoms in total. The molecule has 0 amide bonds. The van der Waals surface area contributed by atoms with Crippen LogP contribution in [0.4, 0.5) is 0 Å². The Bertz CT molecular complexity index is 1210. The van der Waals surface area contributed by atoms with E-state index in [4.69, 9.17) is 4.98 Å². The molecule has 0 radical (unpaired) electrons. The first-order valence-electron chi connectivity index (χ1n) is 9.95. The van der Waals surface area contributed by atoms with Gasteiger partial charge in [0, 0.05) is 11.8 Å². The molecule has 2 N–H and O–H groups in total. The van der Waals surface area contributed by atoms with Gasteiger partial charge < -0.3 is 10.2 Å². The number of aryl methyl sites for hydroxylation is 1. The lowest BCUT2D eigenvalue weighted by atomic mass is 10.0. The first-order chi connectivity index (χ1) is 14.1. The zero-order valence-electron chi connectivity index (χ0n) is 16.4. The zero-order valence-corrected chi connectivity index (χ0v) is 17.2.